The van der Waals surface area contributed by atoms with Gasteiger partial charge in [0.15, 0.2) is 11.6 Å². The molecule has 0 fully saturated rings. The molecule has 4 nitrogen and oxygen atoms in total. The van der Waals surface area contributed by atoms with Gasteiger partial charge >= 0.3 is 0 Å². The van der Waals surface area contributed by atoms with Gasteiger partial charge < -0.3 is 10.6 Å². The number of pyridine rings is 1. The first kappa shape index (κ1) is 11.4. The molecule has 82 valence electrons. The van der Waals surface area contributed by atoms with Crippen molar-refractivity contribution in [2.24, 2.45) is 0 Å². The van der Waals surface area contributed by atoms with Crippen LogP contribution < -0.4 is 10.6 Å². The second-order valence-electron chi connectivity index (χ2n) is 2.91. The third kappa shape index (κ3) is 2.65. The summed E-state index contributed by atoms with van der Waals surface area (Å²) in [5.41, 5.74) is 0.0165. The monoisotopic (exact) mass is 211 g/mol. The topological polar surface area (TPSA) is 54.0 Å². The molecule has 0 aliphatic rings. The highest BCUT2D eigenvalue weighted by Gasteiger charge is 2.14. The molecule has 0 unspecified atom stereocenters. The molecule has 0 aliphatic carbocycles. The lowest BCUT2D eigenvalue weighted by Crippen LogP contribution is -2.24. The average Bonchev–Trinajstić information content (AvgIpc) is 2.22. The molecule has 0 aromatic carbocycles. The van der Waals surface area contributed by atoms with Gasteiger partial charge in [-0.1, -0.05) is 0 Å². The lowest BCUT2D eigenvalue weighted by molar-refractivity contribution is 0.0952. The van der Waals surface area contributed by atoms with Gasteiger partial charge in [-0.3, -0.25) is 4.79 Å². The number of nitrogens with one attached hydrogen (secondary N) is 2. The van der Waals surface area contributed by atoms with Gasteiger partial charge in [-0.05, 0) is 19.9 Å². The van der Waals surface area contributed by atoms with Crippen LogP contribution in [-0.4, -0.2) is 24.0 Å². The Bertz CT molecular complexity index is 355. The SMILES string of the molecule is CCNC(=O)c1ccnc(NCC)c1F. The first-order chi connectivity index (χ1) is 7.20. The van der Waals surface area contributed by atoms with Crippen LogP contribution >= 0.6 is 0 Å². The smallest absolute Gasteiger partial charge is 0.254 e. The number of nitrogens with zero attached hydrogens (tertiary/aromatic N) is 1. The predicted octanol–water partition coefficient (Wildman–Crippen LogP) is 1.40. The molecule has 1 aromatic rings. The summed E-state index contributed by atoms with van der Waals surface area (Å²) in [6, 6.07) is 1.36. The van der Waals surface area contributed by atoms with E-state index in [1.54, 1.807) is 6.92 Å². The minimum Gasteiger partial charge on any atom is -0.368 e. The zero-order valence-corrected chi connectivity index (χ0v) is 8.80. The number of hydrogen-bond donors (Lipinski definition) is 2. The summed E-state index contributed by atoms with van der Waals surface area (Å²) in [6.07, 6.45) is 1.41. The summed E-state index contributed by atoms with van der Waals surface area (Å²) >= 11 is 0. The number of rotatable bonds is 4. The van der Waals surface area contributed by atoms with E-state index in [9.17, 15) is 9.18 Å². The highest BCUT2D eigenvalue weighted by atomic mass is 19.1. The zero-order chi connectivity index (χ0) is 11.3. The number of halogens is 1. The number of anilines is 1. The summed E-state index contributed by atoms with van der Waals surface area (Å²) in [7, 11) is 0. The Morgan fingerprint density at radius 1 is 1.47 bits per heavy atom. The molecule has 0 bridgehead atoms. The molecular formula is C10H14FN3O. The molecule has 1 amide bonds. The Morgan fingerprint density at radius 3 is 2.80 bits per heavy atom. The Morgan fingerprint density at radius 2 is 2.20 bits per heavy atom. The fourth-order valence-electron chi connectivity index (χ4n) is 1.17. The van der Waals surface area contributed by atoms with E-state index in [0.717, 1.165) is 0 Å². The number of hydrogen-bond acceptors (Lipinski definition) is 3. The van der Waals surface area contributed by atoms with Crippen LogP contribution in [0.2, 0.25) is 0 Å². The largest absolute Gasteiger partial charge is 0.368 e. The van der Waals surface area contributed by atoms with E-state index < -0.39 is 11.7 Å². The van der Waals surface area contributed by atoms with Gasteiger partial charge in [0.25, 0.3) is 5.91 Å². The van der Waals surface area contributed by atoms with Gasteiger partial charge in [0, 0.05) is 19.3 Å². The summed E-state index contributed by atoms with van der Waals surface area (Å²) < 4.78 is 13.6. The van der Waals surface area contributed by atoms with Crippen LogP contribution in [0.1, 0.15) is 24.2 Å². The fourth-order valence-corrected chi connectivity index (χ4v) is 1.17. The molecule has 0 saturated heterocycles. The van der Waals surface area contributed by atoms with E-state index in [1.165, 1.54) is 12.3 Å². The highest BCUT2D eigenvalue weighted by Crippen LogP contribution is 2.14. The maximum atomic E-state index is 13.6. The van der Waals surface area contributed by atoms with Crippen molar-refractivity contribution < 1.29 is 9.18 Å². The van der Waals surface area contributed by atoms with E-state index in [2.05, 4.69) is 15.6 Å². The molecule has 0 spiro atoms. The fraction of sp³-hybridized carbons (Fsp3) is 0.400. The van der Waals surface area contributed by atoms with Gasteiger partial charge in [0.05, 0.1) is 5.56 Å². The second kappa shape index (κ2) is 5.29. The quantitative estimate of drug-likeness (QED) is 0.791. The first-order valence-corrected chi connectivity index (χ1v) is 4.87. The molecule has 0 radical (unpaired) electrons. The van der Waals surface area contributed by atoms with Gasteiger partial charge in [-0.15, -0.1) is 0 Å². The second-order valence-corrected chi connectivity index (χ2v) is 2.91. The minimum absolute atomic E-state index is 0.0165. The summed E-state index contributed by atoms with van der Waals surface area (Å²) in [5, 5.41) is 5.28. The van der Waals surface area contributed by atoms with Crippen LogP contribution in [-0.2, 0) is 0 Å². The van der Waals surface area contributed by atoms with Gasteiger partial charge in [0.1, 0.15) is 0 Å². The lowest BCUT2D eigenvalue weighted by atomic mass is 10.2. The number of carbonyl (C=O) groups is 1. The Labute approximate surface area is 87.9 Å². The maximum Gasteiger partial charge on any atom is 0.254 e. The standard InChI is InChI=1S/C10H14FN3O/c1-3-12-9-8(11)7(5-6-14-9)10(15)13-4-2/h5-6H,3-4H2,1-2H3,(H,12,14)(H,13,15). The van der Waals surface area contributed by atoms with Crippen LogP contribution in [0.4, 0.5) is 10.2 Å². The van der Waals surface area contributed by atoms with Crippen molar-refractivity contribution in [2.45, 2.75) is 13.8 Å². The molecule has 1 aromatic heterocycles. The summed E-state index contributed by atoms with van der Waals surface area (Å²) in [6.45, 7) is 4.64. The molecule has 0 aliphatic heterocycles. The molecule has 0 saturated carbocycles. The van der Waals surface area contributed by atoms with Gasteiger partial charge in [-0.2, -0.15) is 0 Å². The summed E-state index contributed by atoms with van der Waals surface area (Å²) in [5.74, 6) is -0.914. The maximum absolute atomic E-state index is 13.6. The van der Waals surface area contributed by atoms with Crippen LogP contribution in [0.3, 0.4) is 0 Å². The van der Waals surface area contributed by atoms with Crippen molar-refractivity contribution in [1.29, 1.82) is 0 Å². The van der Waals surface area contributed by atoms with Crippen LogP contribution in [0.25, 0.3) is 0 Å². The summed E-state index contributed by atoms with van der Waals surface area (Å²) in [4.78, 5) is 15.2. The van der Waals surface area contributed by atoms with Crippen molar-refractivity contribution in [3.63, 3.8) is 0 Å². The van der Waals surface area contributed by atoms with Gasteiger partial charge in [0.2, 0.25) is 0 Å². The third-order valence-electron chi connectivity index (χ3n) is 1.82. The normalized spacial score (nSPS) is 9.80. The molecule has 1 rings (SSSR count). The van der Waals surface area contributed by atoms with Crippen molar-refractivity contribution in [1.82, 2.24) is 10.3 Å². The number of aromatic nitrogens is 1. The van der Waals surface area contributed by atoms with Gasteiger partial charge in [-0.25, -0.2) is 9.37 Å². The highest BCUT2D eigenvalue weighted by molar-refractivity contribution is 5.95. The number of carbonyl (C=O) groups excluding carboxylic acids is 1. The number of amides is 1. The van der Waals surface area contributed by atoms with E-state index >= 15 is 0 Å². The lowest BCUT2D eigenvalue weighted by Gasteiger charge is -2.07. The van der Waals surface area contributed by atoms with Crippen LogP contribution in [0.15, 0.2) is 12.3 Å². The Balaban J connectivity index is 2.98. The zero-order valence-electron chi connectivity index (χ0n) is 8.80. The molecular weight excluding hydrogens is 197 g/mol. The third-order valence-corrected chi connectivity index (χ3v) is 1.82. The Hall–Kier alpha value is -1.65. The first-order valence-electron chi connectivity index (χ1n) is 4.87. The minimum atomic E-state index is -0.606. The van der Waals surface area contributed by atoms with Crippen molar-refractivity contribution in [3.05, 3.63) is 23.6 Å². The Kier molecular flexibility index (Phi) is 4.03. The van der Waals surface area contributed by atoms with Crippen LogP contribution in [0, 0.1) is 5.82 Å². The van der Waals surface area contributed by atoms with Crippen LogP contribution in [0.5, 0.6) is 0 Å². The van der Waals surface area contributed by atoms with Crippen molar-refractivity contribution in [3.8, 4) is 0 Å². The van der Waals surface area contributed by atoms with Crippen molar-refractivity contribution in [2.75, 3.05) is 18.4 Å². The van der Waals surface area contributed by atoms with E-state index in [1.807, 2.05) is 6.92 Å². The van der Waals surface area contributed by atoms with Crippen molar-refractivity contribution >= 4 is 11.7 Å². The predicted molar refractivity (Wildman–Crippen MR) is 56.4 cm³/mol. The average molecular weight is 211 g/mol. The van der Waals surface area contributed by atoms with E-state index in [4.69, 9.17) is 0 Å². The molecule has 0 atom stereocenters. The van der Waals surface area contributed by atoms with E-state index in [-0.39, 0.29) is 11.4 Å². The molecule has 1 heterocycles. The molecule has 15 heavy (non-hydrogen) atoms. The molecule has 5 heteroatoms. The molecule has 2 N–H and O–H groups in total. The van der Waals surface area contributed by atoms with E-state index in [0.29, 0.717) is 13.1 Å².